The summed E-state index contributed by atoms with van der Waals surface area (Å²) in [5.74, 6) is 1.53. The molecule has 0 amide bonds. The fraction of sp³-hybridized carbons (Fsp3) is 0.562. The highest BCUT2D eigenvalue weighted by Gasteiger charge is 2.17. The zero-order valence-electron chi connectivity index (χ0n) is 13.2. The Morgan fingerprint density at radius 2 is 1.71 bits per heavy atom. The normalized spacial score (nSPS) is 13.4. The van der Waals surface area contributed by atoms with Crippen molar-refractivity contribution in [3.8, 4) is 11.5 Å². The molecule has 0 bridgehead atoms. The number of esters is 1. The summed E-state index contributed by atoms with van der Waals surface area (Å²) in [6.45, 7) is 2.08. The average Bonchev–Trinajstić information content (AvgIpc) is 2.51. The number of ether oxygens (including phenoxy) is 3. The minimum atomic E-state index is -0.551. The van der Waals surface area contributed by atoms with Crippen LogP contribution >= 0.6 is 0 Å². The maximum atomic E-state index is 11.3. The summed E-state index contributed by atoms with van der Waals surface area (Å²) in [7, 11) is 4.63. The summed E-state index contributed by atoms with van der Waals surface area (Å²) >= 11 is 0. The first kappa shape index (κ1) is 17.3. The molecule has 0 spiro atoms. The Balaban J connectivity index is 2.56. The molecule has 1 rings (SSSR count). The lowest BCUT2D eigenvalue weighted by Gasteiger charge is -2.16. The third-order valence-electron chi connectivity index (χ3n) is 3.50. The van der Waals surface area contributed by atoms with E-state index >= 15 is 0 Å². The molecular weight excluding hydrogens is 270 g/mol. The van der Waals surface area contributed by atoms with Gasteiger partial charge in [-0.2, -0.15) is 0 Å². The molecule has 21 heavy (non-hydrogen) atoms. The summed E-state index contributed by atoms with van der Waals surface area (Å²) < 4.78 is 15.1. The third kappa shape index (κ3) is 5.63. The van der Waals surface area contributed by atoms with Gasteiger partial charge in [0.1, 0.15) is 17.5 Å². The Bertz CT molecular complexity index is 439. The van der Waals surface area contributed by atoms with E-state index in [1.807, 2.05) is 18.2 Å². The van der Waals surface area contributed by atoms with Gasteiger partial charge in [0.25, 0.3) is 0 Å². The second-order valence-corrected chi connectivity index (χ2v) is 5.23. The fourth-order valence-corrected chi connectivity index (χ4v) is 2.22. The average molecular weight is 295 g/mol. The number of rotatable bonds is 8. The van der Waals surface area contributed by atoms with Crippen molar-refractivity contribution >= 4 is 5.97 Å². The number of nitrogens with two attached hydrogens (primary N) is 1. The number of aryl methyl sites for hydroxylation is 1. The molecule has 0 saturated carbocycles. The lowest BCUT2D eigenvalue weighted by molar-refractivity contribution is -0.142. The molecule has 5 nitrogen and oxygen atoms in total. The zero-order valence-corrected chi connectivity index (χ0v) is 13.2. The van der Waals surface area contributed by atoms with Gasteiger partial charge in [0, 0.05) is 6.07 Å². The van der Waals surface area contributed by atoms with E-state index in [4.69, 9.17) is 15.2 Å². The summed E-state index contributed by atoms with van der Waals surface area (Å²) in [5.41, 5.74) is 6.92. The molecule has 0 aromatic heterocycles. The number of hydrogen-bond acceptors (Lipinski definition) is 5. The minimum absolute atomic E-state index is 0.330. The Kier molecular flexibility index (Phi) is 7.02. The first-order valence-corrected chi connectivity index (χ1v) is 7.05. The van der Waals surface area contributed by atoms with Crippen molar-refractivity contribution < 1.29 is 19.0 Å². The molecule has 0 aliphatic rings. The van der Waals surface area contributed by atoms with Crippen LogP contribution in [0.25, 0.3) is 0 Å². The van der Waals surface area contributed by atoms with Crippen molar-refractivity contribution in [2.75, 3.05) is 21.3 Å². The molecule has 0 saturated heterocycles. The van der Waals surface area contributed by atoms with Crippen molar-refractivity contribution in [1.29, 1.82) is 0 Å². The van der Waals surface area contributed by atoms with Gasteiger partial charge in [-0.3, -0.25) is 4.79 Å². The first-order valence-electron chi connectivity index (χ1n) is 7.05. The van der Waals surface area contributed by atoms with Gasteiger partial charge in [-0.1, -0.05) is 6.92 Å². The van der Waals surface area contributed by atoms with Crippen LogP contribution < -0.4 is 15.2 Å². The second-order valence-electron chi connectivity index (χ2n) is 5.23. The predicted octanol–water partition coefficient (Wildman–Crippen LogP) is 2.16. The van der Waals surface area contributed by atoms with Gasteiger partial charge in [0.2, 0.25) is 0 Å². The SMILES string of the molecule is COC(=O)C(N)CC(C)CCc1cc(OC)cc(OC)c1. The second kappa shape index (κ2) is 8.52. The van der Waals surface area contributed by atoms with Gasteiger partial charge in [-0.25, -0.2) is 0 Å². The number of hydrogen-bond donors (Lipinski definition) is 1. The highest BCUT2D eigenvalue weighted by molar-refractivity contribution is 5.75. The van der Waals surface area contributed by atoms with Gasteiger partial charge in [-0.15, -0.1) is 0 Å². The van der Waals surface area contributed by atoms with Gasteiger partial charge in [-0.05, 0) is 42.9 Å². The minimum Gasteiger partial charge on any atom is -0.497 e. The fourth-order valence-electron chi connectivity index (χ4n) is 2.22. The molecule has 118 valence electrons. The molecule has 2 N–H and O–H groups in total. The van der Waals surface area contributed by atoms with Crippen LogP contribution in [0, 0.1) is 5.92 Å². The zero-order chi connectivity index (χ0) is 15.8. The van der Waals surface area contributed by atoms with Crippen LogP contribution in [-0.4, -0.2) is 33.3 Å². The number of carbonyl (C=O) groups is 1. The van der Waals surface area contributed by atoms with Crippen molar-refractivity contribution in [3.63, 3.8) is 0 Å². The molecule has 0 aliphatic heterocycles. The standard InChI is InChI=1S/C16H25NO4/c1-11(7-15(17)16(18)21-4)5-6-12-8-13(19-2)10-14(9-12)20-3/h8-11,15H,5-7,17H2,1-4H3. The van der Waals surface area contributed by atoms with Crippen LogP contribution in [-0.2, 0) is 16.0 Å². The smallest absolute Gasteiger partial charge is 0.322 e. The van der Waals surface area contributed by atoms with E-state index in [2.05, 4.69) is 11.7 Å². The molecule has 1 aromatic carbocycles. The van der Waals surface area contributed by atoms with Gasteiger partial charge in [0.05, 0.1) is 21.3 Å². The molecule has 0 heterocycles. The number of benzene rings is 1. The lowest BCUT2D eigenvalue weighted by atomic mass is 9.95. The van der Waals surface area contributed by atoms with Crippen molar-refractivity contribution in [3.05, 3.63) is 23.8 Å². The molecule has 2 unspecified atom stereocenters. The molecule has 2 atom stereocenters. The summed E-state index contributed by atoms with van der Waals surface area (Å²) in [6.07, 6.45) is 2.43. The van der Waals surface area contributed by atoms with Crippen LogP contribution in [0.2, 0.25) is 0 Å². The molecule has 0 fully saturated rings. The van der Waals surface area contributed by atoms with Gasteiger partial charge < -0.3 is 19.9 Å². The van der Waals surface area contributed by atoms with Crippen molar-refractivity contribution in [2.24, 2.45) is 11.7 Å². The van der Waals surface area contributed by atoms with Crippen LogP contribution in [0.15, 0.2) is 18.2 Å². The summed E-state index contributed by atoms with van der Waals surface area (Å²) in [4.78, 5) is 11.3. The highest BCUT2D eigenvalue weighted by Crippen LogP contribution is 2.24. The van der Waals surface area contributed by atoms with Crippen molar-refractivity contribution in [1.82, 2.24) is 0 Å². The van der Waals surface area contributed by atoms with Crippen molar-refractivity contribution in [2.45, 2.75) is 32.2 Å². The maximum absolute atomic E-state index is 11.3. The molecular formula is C16H25NO4. The quantitative estimate of drug-likeness (QED) is 0.744. The van der Waals surface area contributed by atoms with E-state index in [0.717, 1.165) is 29.9 Å². The van der Waals surface area contributed by atoms with E-state index in [1.165, 1.54) is 7.11 Å². The predicted molar refractivity (Wildman–Crippen MR) is 81.6 cm³/mol. The summed E-state index contributed by atoms with van der Waals surface area (Å²) in [5, 5.41) is 0. The van der Waals surface area contributed by atoms with Gasteiger partial charge >= 0.3 is 5.97 Å². The molecule has 0 radical (unpaired) electrons. The Morgan fingerprint density at radius 1 is 1.14 bits per heavy atom. The van der Waals surface area contributed by atoms with E-state index in [-0.39, 0.29) is 5.97 Å². The lowest BCUT2D eigenvalue weighted by Crippen LogP contribution is -2.33. The number of methoxy groups -OCH3 is 3. The van der Waals surface area contributed by atoms with Crippen LogP contribution in [0.5, 0.6) is 11.5 Å². The third-order valence-corrected chi connectivity index (χ3v) is 3.50. The largest absolute Gasteiger partial charge is 0.497 e. The first-order chi connectivity index (χ1) is 9.99. The van der Waals surface area contributed by atoms with Crippen LogP contribution in [0.3, 0.4) is 0 Å². The van der Waals surface area contributed by atoms with Gasteiger partial charge in [0.15, 0.2) is 0 Å². The van der Waals surface area contributed by atoms with E-state index < -0.39 is 6.04 Å². The van der Waals surface area contributed by atoms with Crippen LogP contribution in [0.1, 0.15) is 25.3 Å². The monoisotopic (exact) mass is 295 g/mol. The Hall–Kier alpha value is -1.75. The van der Waals surface area contributed by atoms with Crippen LogP contribution in [0.4, 0.5) is 0 Å². The molecule has 5 heteroatoms. The summed E-state index contributed by atoms with van der Waals surface area (Å²) in [6, 6.07) is 5.29. The topological polar surface area (TPSA) is 70.8 Å². The Labute approximate surface area is 126 Å². The molecule has 1 aromatic rings. The number of carbonyl (C=O) groups excluding carboxylic acids is 1. The Morgan fingerprint density at radius 3 is 2.19 bits per heavy atom. The maximum Gasteiger partial charge on any atom is 0.322 e. The molecule has 0 aliphatic carbocycles. The van der Waals surface area contributed by atoms with E-state index in [1.54, 1.807) is 14.2 Å². The van der Waals surface area contributed by atoms with E-state index in [9.17, 15) is 4.79 Å². The van der Waals surface area contributed by atoms with E-state index in [0.29, 0.717) is 12.3 Å². The highest BCUT2D eigenvalue weighted by atomic mass is 16.5.